The molecule has 0 aromatic heterocycles. The molecule has 1 unspecified atom stereocenters. The van der Waals surface area contributed by atoms with Gasteiger partial charge in [0, 0.05) is 18.4 Å². The van der Waals surface area contributed by atoms with Gasteiger partial charge >= 0.3 is 0 Å². The summed E-state index contributed by atoms with van der Waals surface area (Å²) in [5.41, 5.74) is 4.64. The number of amides is 1. The summed E-state index contributed by atoms with van der Waals surface area (Å²) in [4.78, 5) is 24.7. The zero-order valence-electron chi connectivity index (χ0n) is 16.8. The Hall–Kier alpha value is -2.62. The molecule has 0 aliphatic heterocycles. The average Bonchev–Trinajstić information content (AvgIpc) is 2.75. The van der Waals surface area contributed by atoms with Gasteiger partial charge in [-0.1, -0.05) is 25.1 Å². The van der Waals surface area contributed by atoms with E-state index in [1.807, 2.05) is 0 Å². The maximum Gasteiger partial charge on any atom is 0.220 e. The summed E-state index contributed by atoms with van der Waals surface area (Å²) in [5, 5.41) is 3.10. The second-order valence-corrected chi connectivity index (χ2v) is 7.42. The largest absolute Gasteiger partial charge is 0.497 e. The number of rotatable bonds is 8. The van der Waals surface area contributed by atoms with Gasteiger partial charge in [0.05, 0.1) is 13.2 Å². The monoisotopic (exact) mass is 379 g/mol. The van der Waals surface area contributed by atoms with E-state index >= 15 is 0 Å². The minimum Gasteiger partial charge on any atom is -0.497 e. The molecule has 1 aliphatic rings. The first-order chi connectivity index (χ1) is 13.6. The molecule has 0 radical (unpaired) electrons. The van der Waals surface area contributed by atoms with Crippen molar-refractivity contribution in [1.82, 2.24) is 5.32 Å². The Kier molecular flexibility index (Phi) is 6.85. The molecule has 0 saturated heterocycles. The van der Waals surface area contributed by atoms with E-state index in [4.69, 9.17) is 4.74 Å². The molecule has 4 heteroatoms. The van der Waals surface area contributed by atoms with Crippen LogP contribution < -0.4 is 10.1 Å². The lowest BCUT2D eigenvalue weighted by molar-refractivity contribution is -0.121. The van der Waals surface area contributed by atoms with Gasteiger partial charge < -0.3 is 10.1 Å². The topological polar surface area (TPSA) is 55.4 Å². The van der Waals surface area contributed by atoms with Crippen LogP contribution >= 0.6 is 0 Å². The molecule has 2 aromatic carbocycles. The maximum absolute atomic E-state index is 12.4. The third-order valence-electron chi connectivity index (χ3n) is 5.51. The van der Waals surface area contributed by atoms with Gasteiger partial charge in [0.15, 0.2) is 5.78 Å². The Morgan fingerprint density at radius 2 is 1.71 bits per heavy atom. The van der Waals surface area contributed by atoms with Gasteiger partial charge in [0.25, 0.3) is 0 Å². The van der Waals surface area contributed by atoms with Crippen molar-refractivity contribution < 1.29 is 14.3 Å². The van der Waals surface area contributed by atoms with Crippen molar-refractivity contribution in [3.63, 3.8) is 0 Å². The lowest BCUT2D eigenvalue weighted by atomic mass is 9.88. The van der Waals surface area contributed by atoms with Crippen LogP contribution in [-0.4, -0.2) is 18.8 Å². The first-order valence-corrected chi connectivity index (χ1v) is 10.2. The molecule has 0 spiro atoms. The van der Waals surface area contributed by atoms with Gasteiger partial charge in [-0.2, -0.15) is 0 Å². The average molecular weight is 380 g/mol. The molecule has 0 fully saturated rings. The van der Waals surface area contributed by atoms with E-state index in [1.165, 1.54) is 24.0 Å². The Bertz CT molecular complexity index is 826. The second kappa shape index (κ2) is 9.54. The van der Waals surface area contributed by atoms with Crippen molar-refractivity contribution in [3.05, 3.63) is 64.7 Å². The molecule has 1 N–H and O–H groups in total. The van der Waals surface area contributed by atoms with E-state index in [0.717, 1.165) is 24.8 Å². The third kappa shape index (κ3) is 5.00. The number of carbonyl (C=O) groups is 2. The minimum atomic E-state index is -0.0774. The maximum atomic E-state index is 12.4. The summed E-state index contributed by atoms with van der Waals surface area (Å²) < 4.78 is 5.10. The summed E-state index contributed by atoms with van der Waals surface area (Å²) >= 11 is 0. The molecule has 1 aliphatic carbocycles. The Morgan fingerprint density at radius 1 is 1.00 bits per heavy atom. The molecule has 3 rings (SSSR count). The number of carbonyl (C=O) groups excluding carboxylic acids is 2. The lowest BCUT2D eigenvalue weighted by Gasteiger charge is -2.21. The molecule has 2 aromatic rings. The standard InChI is InChI=1S/C24H29NO3/c1-3-22(20-9-8-17-6-4-5-7-19(17)16-20)25-24(27)15-14-23(26)18-10-12-21(28-2)13-11-18/h8-13,16,22H,3-7,14-15H2,1-2H3,(H,25,27). The molecule has 0 heterocycles. The quantitative estimate of drug-likeness (QED) is 0.670. The predicted molar refractivity (Wildman–Crippen MR) is 111 cm³/mol. The van der Waals surface area contributed by atoms with Crippen molar-refractivity contribution in [1.29, 1.82) is 0 Å². The number of nitrogens with one attached hydrogen (secondary N) is 1. The molecular weight excluding hydrogens is 350 g/mol. The normalized spacial score (nSPS) is 14.1. The van der Waals surface area contributed by atoms with Crippen LogP contribution in [0.4, 0.5) is 0 Å². The number of ketones is 1. The molecule has 1 amide bonds. The number of hydrogen-bond acceptors (Lipinski definition) is 3. The minimum absolute atomic E-state index is 0.00387. The third-order valence-corrected chi connectivity index (χ3v) is 5.51. The Morgan fingerprint density at radius 3 is 2.39 bits per heavy atom. The van der Waals surface area contributed by atoms with Crippen LogP contribution in [0.15, 0.2) is 42.5 Å². The number of aryl methyl sites for hydroxylation is 2. The van der Waals surface area contributed by atoms with Gasteiger partial charge in [-0.3, -0.25) is 9.59 Å². The molecule has 0 bridgehead atoms. The number of fused-ring (bicyclic) bond motifs is 1. The van der Waals surface area contributed by atoms with Crippen molar-refractivity contribution in [2.45, 2.75) is 57.9 Å². The summed E-state index contributed by atoms with van der Waals surface area (Å²) in [7, 11) is 1.59. The van der Waals surface area contributed by atoms with Crippen LogP contribution in [-0.2, 0) is 17.6 Å². The van der Waals surface area contributed by atoms with E-state index in [0.29, 0.717) is 11.3 Å². The van der Waals surface area contributed by atoms with E-state index in [-0.39, 0.29) is 30.6 Å². The highest BCUT2D eigenvalue weighted by Crippen LogP contribution is 2.26. The summed E-state index contributed by atoms with van der Waals surface area (Å²) in [5.74, 6) is 0.608. The zero-order chi connectivity index (χ0) is 19.9. The van der Waals surface area contributed by atoms with Crippen LogP contribution in [0.3, 0.4) is 0 Å². The summed E-state index contributed by atoms with van der Waals surface area (Å²) in [6.07, 6.45) is 6.04. The number of methoxy groups -OCH3 is 1. The van der Waals surface area contributed by atoms with Crippen LogP contribution in [0.25, 0.3) is 0 Å². The Labute approximate surface area is 167 Å². The van der Waals surface area contributed by atoms with E-state index in [9.17, 15) is 9.59 Å². The van der Waals surface area contributed by atoms with Crippen LogP contribution in [0.1, 0.15) is 72.1 Å². The van der Waals surface area contributed by atoms with Crippen LogP contribution in [0.2, 0.25) is 0 Å². The van der Waals surface area contributed by atoms with Crippen molar-refractivity contribution >= 4 is 11.7 Å². The van der Waals surface area contributed by atoms with Gasteiger partial charge in [-0.15, -0.1) is 0 Å². The zero-order valence-corrected chi connectivity index (χ0v) is 16.8. The number of hydrogen-bond donors (Lipinski definition) is 1. The van der Waals surface area contributed by atoms with Gasteiger partial charge in [0.2, 0.25) is 5.91 Å². The summed E-state index contributed by atoms with van der Waals surface area (Å²) in [6, 6.07) is 13.6. The first kappa shape index (κ1) is 20.1. The molecule has 1 atom stereocenters. The Balaban J connectivity index is 1.55. The second-order valence-electron chi connectivity index (χ2n) is 7.42. The van der Waals surface area contributed by atoms with Crippen molar-refractivity contribution in [2.24, 2.45) is 0 Å². The van der Waals surface area contributed by atoms with Crippen molar-refractivity contribution in [2.75, 3.05) is 7.11 Å². The highest BCUT2D eigenvalue weighted by molar-refractivity contribution is 5.98. The fourth-order valence-corrected chi connectivity index (χ4v) is 3.81. The van der Waals surface area contributed by atoms with Gasteiger partial charge in [-0.25, -0.2) is 0 Å². The van der Waals surface area contributed by atoms with E-state index < -0.39 is 0 Å². The highest BCUT2D eigenvalue weighted by atomic mass is 16.5. The number of benzene rings is 2. The fraction of sp³-hybridized carbons (Fsp3) is 0.417. The van der Waals surface area contributed by atoms with E-state index in [1.54, 1.807) is 31.4 Å². The molecule has 28 heavy (non-hydrogen) atoms. The fourth-order valence-electron chi connectivity index (χ4n) is 3.81. The van der Waals surface area contributed by atoms with E-state index in [2.05, 4.69) is 30.4 Å². The molecule has 148 valence electrons. The van der Waals surface area contributed by atoms with Gasteiger partial charge in [-0.05, 0) is 73.1 Å². The lowest BCUT2D eigenvalue weighted by Crippen LogP contribution is -2.28. The van der Waals surface area contributed by atoms with Crippen LogP contribution in [0, 0.1) is 0 Å². The van der Waals surface area contributed by atoms with Crippen molar-refractivity contribution in [3.8, 4) is 5.75 Å². The number of ether oxygens (including phenoxy) is 1. The van der Waals surface area contributed by atoms with Crippen LogP contribution in [0.5, 0.6) is 5.75 Å². The first-order valence-electron chi connectivity index (χ1n) is 10.2. The molecule has 0 saturated carbocycles. The predicted octanol–water partition coefficient (Wildman–Crippen LogP) is 4.80. The van der Waals surface area contributed by atoms with Gasteiger partial charge in [0.1, 0.15) is 5.75 Å². The SMILES string of the molecule is CCC(NC(=O)CCC(=O)c1ccc(OC)cc1)c1ccc2c(c1)CCCC2. The number of Topliss-reactive ketones (excluding diaryl/α,β-unsaturated/α-hetero) is 1. The molecule has 4 nitrogen and oxygen atoms in total. The molecular formula is C24H29NO3. The smallest absolute Gasteiger partial charge is 0.220 e. The highest BCUT2D eigenvalue weighted by Gasteiger charge is 2.17. The summed E-state index contributed by atoms with van der Waals surface area (Å²) in [6.45, 7) is 2.08.